The third kappa shape index (κ3) is 6.16. The van der Waals surface area contributed by atoms with Crippen LogP contribution in [0.1, 0.15) is 45.4 Å². The Morgan fingerprint density at radius 2 is 2.14 bits per heavy atom. The Kier molecular flexibility index (Phi) is 6.20. The van der Waals surface area contributed by atoms with E-state index in [4.69, 9.17) is 4.74 Å². The molecule has 0 saturated carbocycles. The van der Waals surface area contributed by atoms with Crippen molar-refractivity contribution in [3.63, 3.8) is 0 Å². The van der Waals surface area contributed by atoms with Crippen LogP contribution in [-0.4, -0.2) is 34.1 Å². The predicted octanol–water partition coefficient (Wildman–Crippen LogP) is 2.12. The topological polar surface area (TPSA) is 68.2 Å². The highest BCUT2D eigenvalue weighted by atomic mass is 16.6. The lowest BCUT2D eigenvalue weighted by Crippen LogP contribution is -2.43. The molecule has 2 N–H and O–H groups in total. The summed E-state index contributed by atoms with van der Waals surface area (Å²) in [5.74, 6) is 0. The molecule has 1 aromatic heterocycles. The molecule has 0 aliphatic heterocycles. The number of nitrogens with one attached hydrogen (secondary N) is 2. The molecular weight excluding hydrogens is 268 g/mol. The highest BCUT2D eigenvalue weighted by molar-refractivity contribution is 5.68. The Bertz CT molecular complexity index is 463. The maximum absolute atomic E-state index is 11.7. The molecule has 0 aliphatic carbocycles. The van der Waals surface area contributed by atoms with Crippen molar-refractivity contribution in [3.05, 3.63) is 17.5 Å². The number of aromatic nitrogens is 2. The fourth-order valence-corrected chi connectivity index (χ4v) is 1.87. The summed E-state index contributed by atoms with van der Waals surface area (Å²) < 4.78 is 7.12. The van der Waals surface area contributed by atoms with Crippen LogP contribution in [-0.2, 0) is 18.3 Å². The summed E-state index contributed by atoms with van der Waals surface area (Å²) in [5.41, 5.74) is 1.85. The molecule has 0 bridgehead atoms. The standard InChI is InChI=1S/C15H28N4O2/c1-7-13(18-14(20)21-15(3,4)5)10-16-8-12-9-17-19(6)11(12)2/h9,13,16H,7-8,10H2,1-6H3,(H,18,20). The molecule has 6 heteroatoms. The van der Waals surface area contributed by atoms with Crippen LogP contribution in [0, 0.1) is 6.92 Å². The van der Waals surface area contributed by atoms with E-state index in [2.05, 4.69) is 15.7 Å². The van der Waals surface area contributed by atoms with Gasteiger partial charge in [0.15, 0.2) is 0 Å². The summed E-state index contributed by atoms with van der Waals surface area (Å²) >= 11 is 0. The number of hydrogen-bond donors (Lipinski definition) is 2. The molecule has 1 rings (SSSR count). The predicted molar refractivity (Wildman–Crippen MR) is 83.1 cm³/mol. The molecule has 120 valence electrons. The third-order valence-electron chi connectivity index (χ3n) is 3.26. The van der Waals surface area contributed by atoms with Gasteiger partial charge in [0.25, 0.3) is 0 Å². The van der Waals surface area contributed by atoms with Crippen LogP contribution in [0.4, 0.5) is 4.79 Å². The van der Waals surface area contributed by atoms with E-state index in [1.165, 1.54) is 5.56 Å². The van der Waals surface area contributed by atoms with Crippen LogP contribution < -0.4 is 10.6 Å². The van der Waals surface area contributed by atoms with Gasteiger partial charge in [-0.15, -0.1) is 0 Å². The maximum Gasteiger partial charge on any atom is 0.407 e. The minimum atomic E-state index is -0.470. The molecular formula is C15H28N4O2. The van der Waals surface area contributed by atoms with Crippen molar-refractivity contribution in [2.24, 2.45) is 7.05 Å². The van der Waals surface area contributed by atoms with E-state index in [9.17, 15) is 4.79 Å². The van der Waals surface area contributed by atoms with Gasteiger partial charge < -0.3 is 15.4 Å². The second kappa shape index (κ2) is 7.45. The van der Waals surface area contributed by atoms with Gasteiger partial charge in [-0.05, 0) is 34.1 Å². The van der Waals surface area contributed by atoms with Gasteiger partial charge in [0, 0.05) is 37.4 Å². The summed E-state index contributed by atoms with van der Waals surface area (Å²) in [6.07, 6.45) is 2.34. The van der Waals surface area contributed by atoms with Gasteiger partial charge in [-0.25, -0.2) is 4.79 Å². The van der Waals surface area contributed by atoms with E-state index < -0.39 is 5.60 Å². The van der Waals surface area contributed by atoms with Gasteiger partial charge in [-0.1, -0.05) is 6.92 Å². The minimum Gasteiger partial charge on any atom is -0.444 e. The van der Waals surface area contributed by atoms with E-state index in [-0.39, 0.29) is 12.1 Å². The van der Waals surface area contributed by atoms with E-state index in [1.807, 2.05) is 52.5 Å². The second-order valence-corrected chi connectivity index (χ2v) is 6.26. The molecule has 1 atom stereocenters. The molecule has 0 radical (unpaired) electrons. The van der Waals surface area contributed by atoms with Gasteiger partial charge in [0.1, 0.15) is 5.60 Å². The summed E-state index contributed by atoms with van der Waals surface area (Å²) in [5, 5.41) is 10.4. The lowest BCUT2D eigenvalue weighted by Gasteiger charge is -2.23. The van der Waals surface area contributed by atoms with Crippen molar-refractivity contribution in [1.29, 1.82) is 0 Å². The molecule has 21 heavy (non-hydrogen) atoms. The average Bonchev–Trinajstić information content (AvgIpc) is 2.67. The Hall–Kier alpha value is -1.56. The van der Waals surface area contributed by atoms with Crippen molar-refractivity contribution < 1.29 is 9.53 Å². The quantitative estimate of drug-likeness (QED) is 0.844. The van der Waals surface area contributed by atoms with Crippen molar-refractivity contribution >= 4 is 6.09 Å². The first-order valence-electron chi connectivity index (χ1n) is 7.40. The summed E-state index contributed by atoms with van der Waals surface area (Å²) in [7, 11) is 1.93. The summed E-state index contributed by atoms with van der Waals surface area (Å²) in [4.78, 5) is 11.7. The first-order valence-corrected chi connectivity index (χ1v) is 7.40. The number of carbonyl (C=O) groups excluding carboxylic acids is 1. The Labute approximate surface area is 127 Å². The summed E-state index contributed by atoms with van der Waals surface area (Å²) in [6.45, 7) is 11.1. The zero-order chi connectivity index (χ0) is 16.0. The van der Waals surface area contributed by atoms with Gasteiger partial charge >= 0.3 is 6.09 Å². The van der Waals surface area contributed by atoms with E-state index in [1.54, 1.807) is 0 Å². The largest absolute Gasteiger partial charge is 0.444 e. The molecule has 1 heterocycles. The molecule has 1 unspecified atom stereocenters. The Morgan fingerprint density at radius 1 is 1.48 bits per heavy atom. The monoisotopic (exact) mass is 296 g/mol. The third-order valence-corrected chi connectivity index (χ3v) is 3.26. The van der Waals surface area contributed by atoms with E-state index in [0.717, 1.165) is 18.7 Å². The van der Waals surface area contributed by atoms with Crippen molar-refractivity contribution in [1.82, 2.24) is 20.4 Å². The molecule has 0 saturated heterocycles. The smallest absolute Gasteiger partial charge is 0.407 e. The van der Waals surface area contributed by atoms with E-state index >= 15 is 0 Å². The number of aryl methyl sites for hydroxylation is 1. The highest BCUT2D eigenvalue weighted by Crippen LogP contribution is 2.07. The van der Waals surface area contributed by atoms with Crippen molar-refractivity contribution in [2.75, 3.05) is 6.54 Å². The van der Waals surface area contributed by atoms with Crippen LogP contribution in [0.15, 0.2) is 6.20 Å². The van der Waals surface area contributed by atoms with Gasteiger partial charge in [0.05, 0.1) is 6.20 Å². The number of amides is 1. The molecule has 1 amide bonds. The fourth-order valence-electron chi connectivity index (χ4n) is 1.87. The molecule has 6 nitrogen and oxygen atoms in total. The van der Waals surface area contributed by atoms with Gasteiger partial charge in [0.2, 0.25) is 0 Å². The fraction of sp³-hybridized carbons (Fsp3) is 0.733. The molecule has 0 aromatic carbocycles. The zero-order valence-electron chi connectivity index (χ0n) is 14.0. The van der Waals surface area contributed by atoms with Gasteiger partial charge in [-0.2, -0.15) is 5.10 Å². The maximum atomic E-state index is 11.7. The van der Waals surface area contributed by atoms with Crippen LogP contribution in [0.3, 0.4) is 0 Å². The number of nitrogens with zero attached hydrogens (tertiary/aromatic N) is 2. The lowest BCUT2D eigenvalue weighted by atomic mass is 10.2. The normalized spacial score (nSPS) is 13.0. The summed E-state index contributed by atoms with van der Waals surface area (Å²) in [6, 6.07) is 0.0526. The first kappa shape index (κ1) is 17.5. The average molecular weight is 296 g/mol. The number of carbonyl (C=O) groups is 1. The number of alkyl carbamates (subject to hydrolysis) is 1. The Morgan fingerprint density at radius 3 is 2.62 bits per heavy atom. The lowest BCUT2D eigenvalue weighted by molar-refractivity contribution is 0.0502. The molecule has 0 spiro atoms. The van der Waals surface area contributed by atoms with Crippen LogP contribution >= 0.6 is 0 Å². The van der Waals surface area contributed by atoms with Crippen molar-refractivity contribution in [2.45, 2.75) is 59.2 Å². The SMILES string of the molecule is CCC(CNCc1cnn(C)c1C)NC(=O)OC(C)(C)C. The van der Waals surface area contributed by atoms with Gasteiger partial charge in [-0.3, -0.25) is 4.68 Å². The van der Waals surface area contributed by atoms with E-state index in [0.29, 0.717) is 6.54 Å². The Balaban J connectivity index is 2.37. The minimum absolute atomic E-state index is 0.0526. The van der Waals surface area contributed by atoms with Crippen LogP contribution in [0.25, 0.3) is 0 Å². The number of hydrogen-bond acceptors (Lipinski definition) is 4. The highest BCUT2D eigenvalue weighted by Gasteiger charge is 2.18. The first-order chi connectivity index (χ1) is 9.73. The molecule has 0 fully saturated rings. The zero-order valence-corrected chi connectivity index (χ0v) is 14.0. The number of ether oxygens (including phenoxy) is 1. The van der Waals surface area contributed by atoms with Crippen molar-refractivity contribution in [3.8, 4) is 0 Å². The molecule has 0 aliphatic rings. The second-order valence-electron chi connectivity index (χ2n) is 6.26. The molecule has 1 aromatic rings. The van der Waals surface area contributed by atoms with Crippen LogP contribution in [0.5, 0.6) is 0 Å². The van der Waals surface area contributed by atoms with Crippen LogP contribution in [0.2, 0.25) is 0 Å². The number of rotatable bonds is 6.